The monoisotopic (exact) mass is 384 g/mol. The molecule has 24 heavy (non-hydrogen) atoms. The van der Waals surface area contributed by atoms with Crippen LogP contribution in [-0.2, 0) is 0 Å². The summed E-state index contributed by atoms with van der Waals surface area (Å²) in [6.45, 7) is 4.30. The zero-order valence-corrected chi connectivity index (χ0v) is 15.0. The molecule has 4 nitrogen and oxygen atoms in total. The quantitative estimate of drug-likeness (QED) is 0.503. The first-order valence-electron chi connectivity index (χ1n) is 7.65. The van der Waals surface area contributed by atoms with Gasteiger partial charge in [-0.3, -0.25) is 4.79 Å². The molecule has 5 heteroatoms. The number of hydrogen-bond acceptors (Lipinski definition) is 3. The molecule has 0 aliphatic rings. The van der Waals surface area contributed by atoms with E-state index in [0.717, 1.165) is 15.4 Å². The maximum Gasteiger partial charge on any atom is 0.307 e. The molecule has 0 saturated carbocycles. The average Bonchev–Trinajstić information content (AvgIpc) is 2.98. The van der Waals surface area contributed by atoms with Crippen LogP contribution in [0.2, 0.25) is 0 Å². The van der Waals surface area contributed by atoms with E-state index in [1.54, 1.807) is 12.3 Å². The molecule has 1 N–H and O–H groups in total. The fourth-order valence-electron chi connectivity index (χ4n) is 2.31. The Labute approximate surface area is 148 Å². The van der Waals surface area contributed by atoms with E-state index in [2.05, 4.69) is 52.4 Å². The van der Waals surface area contributed by atoms with E-state index in [9.17, 15) is 4.79 Å². The molecular formula is C19H17BrN2O2. The Balaban J connectivity index is 1.67. The molecule has 0 aliphatic carbocycles. The number of hydrazone groups is 1. The largest absolute Gasteiger partial charge is 0.451 e. The molecule has 0 atom stereocenters. The summed E-state index contributed by atoms with van der Waals surface area (Å²) >= 11 is 3.39. The molecule has 3 aromatic rings. The third-order valence-electron chi connectivity index (χ3n) is 3.68. The topological polar surface area (TPSA) is 54.6 Å². The maximum absolute atomic E-state index is 12.1. The molecule has 0 aliphatic heterocycles. The third kappa shape index (κ3) is 3.74. The van der Waals surface area contributed by atoms with Gasteiger partial charge in [0.25, 0.3) is 0 Å². The molecule has 1 amide bonds. The maximum atomic E-state index is 12.1. The number of halogens is 1. The Morgan fingerprint density at radius 1 is 1.17 bits per heavy atom. The van der Waals surface area contributed by atoms with Crippen LogP contribution in [0.25, 0.3) is 11.0 Å². The second kappa shape index (κ2) is 7.01. The number of benzene rings is 2. The number of rotatable bonds is 4. The standard InChI is InChI=1S/C19H17BrN2O2/c1-12(2)14-5-3-13(4-6-14)11-21-22-19(23)18-10-15-9-16(20)7-8-17(15)24-18/h3-12H,1-2H3,(H,22,23)/b21-11+. The van der Waals surface area contributed by atoms with E-state index in [4.69, 9.17) is 4.42 Å². The SMILES string of the molecule is CC(C)c1ccc(/C=N/NC(=O)c2cc3cc(Br)ccc3o2)cc1. The van der Waals surface area contributed by atoms with Gasteiger partial charge in [0, 0.05) is 9.86 Å². The first-order chi connectivity index (χ1) is 11.5. The van der Waals surface area contributed by atoms with Gasteiger partial charge in [-0.15, -0.1) is 0 Å². The van der Waals surface area contributed by atoms with Crippen LogP contribution in [0.4, 0.5) is 0 Å². The fraction of sp³-hybridized carbons (Fsp3) is 0.158. The van der Waals surface area contributed by atoms with Crippen LogP contribution in [-0.4, -0.2) is 12.1 Å². The van der Waals surface area contributed by atoms with Gasteiger partial charge in [0.05, 0.1) is 6.21 Å². The number of fused-ring (bicyclic) bond motifs is 1. The highest BCUT2D eigenvalue weighted by molar-refractivity contribution is 9.10. The van der Waals surface area contributed by atoms with Crippen LogP contribution in [0.3, 0.4) is 0 Å². The number of nitrogens with zero attached hydrogens (tertiary/aromatic N) is 1. The smallest absolute Gasteiger partial charge is 0.307 e. The van der Waals surface area contributed by atoms with E-state index in [-0.39, 0.29) is 11.7 Å². The van der Waals surface area contributed by atoms with Crippen molar-refractivity contribution in [3.63, 3.8) is 0 Å². The average molecular weight is 385 g/mol. The Kier molecular flexibility index (Phi) is 4.81. The van der Waals surface area contributed by atoms with Crippen LogP contribution in [0, 0.1) is 0 Å². The molecule has 2 aromatic carbocycles. The van der Waals surface area contributed by atoms with Gasteiger partial charge in [-0.25, -0.2) is 5.43 Å². The highest BCUT2D eigenvalue weighted by Gasteiger charge is 2.11. The molecule has 0 bridgehead atoms. The van der Waals surface area contributed by atoms with Gasteiger partial charge in [-0.05, 0) is 41.3 Å². The number of amides is 1. The lowest BCUT2D eigenvalue weighted by Crippen LogP contribution is -2.16. The van der Waals surface area contributed by atoms with Crippen molar-refractivity contribution < 1.29 is 9.21 Å². The van der Waals surface area contributed by atoms with Crippen molar-refractivity contribution in [2.24, 2.45) is 5.10 Å². The van der Waals surface area contributed by atoms with Crippen LogP contribution < -0.4 is 5.43 Å². The van der Waals surface area contributed by atoms with Gasteiger partial charge >= 0.3 is 5.91 Å². The fourth-order valence-corrected chi connectivity index (χ4v) is 2.69. The zero-order valence-electron chi connectivity index (χ0n) is 13.4. The molecule has 0 unspecified atom stereocenters. The normalized spacial score (nSPS) is 11.5. The van der Waals surface area contributed by atoms with Gasteiger partial charge < -0.3 is 4.42 Å². The number of carbonyl (C=O) groups excluding carboxylic acids is 1. The molecule has 3 rings (SSSR count). The van der Waals surface area contributed by atoms with Crippen molar-refractivity contribution >= 4 is 39.0 Å². The van der Waals surface area contributed by atoms with Gasteiger partial charge in [0.15, 0.2) is 5.76 Å². The lowest BCUT2D eigenvalue weighted by atomic mass is 10.0. The summed E-state index contributed by atoms with van der Waals surface area (Å²) in [6.07, 6.45) is 1.61. The number of carbonyl (C=O) groups is 1. The third-order valence-corrected chi connectivity index (χ3v) is 4.18. The molecule has 0 spiro atoms. The highest BCUT2D eigenvalue weighted by Crippen LogP contribution is 2.23. The Morgan fingerprint density at radius 3 is 2.62 bits per heavy atom. The van der Waals surface area contributed by atoms with Crippen LogP contribution in [0.5, 0.6) is 0 Å². The molecule has 0 fully saturated rings. The molecule has 0 radical (unpaired) electrons. The highest BCUT2D eigenvalue weighted by atomic mass is 79.9. The zero-order chi connectivity index (χ0) is 17.1. The number of hydrogen-bond donors (Lipinski definition) is 1. The van der Waals surface area contributed by atoms with E-state index < -0.39 is 0 Å². The molecular weight excluding hydrogens is 368 g/mol. The first kappa shape index (κ1) is 16.5. The molecule has 0 saturated heterocycles. The van der Waals surface area contributed by atoms with Gasteiger partial charge in [-0.1, -0.05) is 54.0 Å². The Hall–Kier alpha value is -2.40. The summed E-state index contributed by atoms with van der Waals surface area (Å²) in [5.41, 5.74) is 5.34. The minimum absolute atomic E-state index is 0.232. The summed E-state index contributed by atoms with van der Waals surface area (Å²) in [7, 11) is 0. The van der Waals surface area contributed by atoms with Crippen LogP contribution in [0.1, 0.15) is 41.4 Å². The summed E-state index contributed by atoms with van der Waals surface area (Å²) < 4.78 is 6.46. The van der Waals surface area contributed by atoms with Gasteiger partial charge in [0.2, 0.25) is 0 Å². The lowest BCUT2D eigenvalue weighted by molar-refractivity contribution is 0.0929. The van der Waals surface area contributed by atoms with Crippen molar-refractivity contribution in [2.45, 2.75) is 19.8 Å². The summed E-state index contributed by atoms with van der Waals surface area (Å²) in [5.74, 6) is 0.344. The second-order valence-corrected chi connectivity index (χ2v) is 6.73. The van der Waals surface area contributed by atoms with E-state index in [0.29, 0.717) is 11.5 Å². The molecule has 1 heterocycles. The first-order valence-corrected chi connectivity index (χ1v) is 8.44. The van der Waals surface area contributed by atoms with Gasteiger partial charge in [-0.2, -0.15) is 5.10 Å². The van der Waals surface area contributed by atoms with Crippen molar-refractivity contribution in [3.05, 3.63) is 69.9 Å². The van der Waals surface area contributed by atoms with Crippen molar-refractivity contribution in [3.8, 4) is 0 Å². The van der Waals surface area contributed by atoms with Crippen LogP contribution in [0.15, 0.2) is 62.5 Å². The minimum atomic E-state index is -0.377. The molecule has 122 valence electrons. The Bertz CT molecular complexity index is 895. The number of nitrogens with one attached hydrogen (secondary N) is 1. The van der Waals surface area contributed by atoms with Crippen molar-refractivity contribution in [2.75, 3.05) is 0 Å². The minimum Gasteiger partial charge on any atom is -0.451 e. The number of furan rings is 1. The van der Waals surface area contributed by atoms with Crippen molar-refractivity contribution in [1.82, 2.24) is 5.43 Å². The summed E-state index contributed by atoms with van der Waals surface area (Å²) in [6, 6.07) is 15.4. The second-order valence-electron chi connectivity index (χ2n) is 5.81. The molecule has 1 aromatic heterocycles. The summed E-state index contributed by atoms with van der Waals surface area (Å²) in [5, 5.41) is 4.85. The predicted octanol–water partition coefficient (Wildman–Crippen LogP) is 5.08. The van der Waals surface area contributed by atoms with E-state index >= 15 is 0 Å². The predicted molar refractivity (Wildman–Crippen MR) is 99.5 cm³/mol. The van der Waals surface area contributed by atoms with E-state index in [1.807, 2.05) is 30.3 Å². The van der Waals surface area contributed by atoms with Crippen molar-refractivity contribution in [1.29, 1.82) is 0 Å². The Morgan fingerprint density at radius 2 is 1.92 bits per heavy atom. The van der Waals surface area contributed by atoms with E-state index in [1.165, 1.54) is 5.56 Å². The summed E-state index contributed by atoms with van der Waals surface area (Å²) in [4.78, 5) is 12.1. The van der Waals surface area contributed by atoms with Crippen LogP contribution >= 0.6 is 15.9 Å². The van der Waals surface area contributed by atoms with Gasteiger partial charge in [0.1, 0.15) is 5.58 Å². The lowest BCUT2D eigenvalue weighted by Gasteiger charge is -2.04.